The molecule has 0 radical (unpaired) electrons. The topological polar surface area (TPSA) is 53.9 Å². The molecule has 0 aliphatic carbocycles. The molecule has 0 atom stereocenters. The van der Waals surface area contributed by atoms with Gasteiger partial charge in [-0.25, -0.2) is 0 Å². The van der Waals surface area contributed by atoms with E-state index in [4.69, 9.17) is 0 Å². The molecule has 0 fully saturated rings. The van der Waals surface area contributed by atoms with Crippen molar-refractivity contribution >= 4 is 11.8 Å². The zero-order chi connectivity index (χ0) is 12.7. The highest BCUT2D eigenvalue weighted by Crippen LogP contribution is 2.09. The van der Waals surface area contributed by atoms with Crippen molar-refractivity contribution in [3.8, 4) is 0 Å². The Bertz CT molecular complexity index is 326. The van der Waals surface area contributed by atoms with Crippen LogP contribution in [0.1, 0.15) is 33.6 Å². The van der Waals surface area contributed by atoms with E-state index in [1.165, 1.54) is 6.42 Å². The summed E-state index contributed by atoms with van der Waals surface area (Å²) in [5.74, 6) is 2.05. The normalized spacial score (nSPS) is 10.6. The molecule has 0 saturated carbocycles. The Hall–Kier alpha value is -1.39. The van der Waals surface area contributed by atoms with Crippen LogP contribution in [0.3, 0.4) is 0 Å². The average molecular weight is 237 g/mol. The summed E-state index contributed by atoms with van der Waals surface area (Å²) in [4.78, 5) is 6.55. The van der Waals surface area contributed by atoms with Gasteiger partial charge < -0.3 is 10.2 Å². The van der Waals surface area contributed by atoms with Crippen molar-refractivity contribution in [1.82, 2.24) is 15.2 Å². The Morgan fingerprint density at radius 2 is 2.18 bits per heavy atom. The summed E-state index contributed by atoms with van der Waals surface area (Å²) in [6, 6.07) is 0. The van der Waals surface area contributed by atoms with Gasteiger partial charge in [0, 0.05) is 20.1 Å². The fraction of sp³-hybridized carbons (Fsp3) is 0.750. The Balaban J connectivity index is 2.58. The third-order valence-corrected chi connectivity index (χ3v) is 2.45. The molecule has 1 aromatic rings. The van der Waals surface area contributed by atoms with E-state index in [-0.39, 0.29) is 0 Å². The molecular formula is C12H23N5. The first kappa shape index (κ1) is 13.7. The molecule has 96 valence electrons. The standard InChI is InChI=1S/C12H23N5/c1-5-6-7-17(4)11-9-14-16-12(15-11)13-8-10(2)3/h9-10H,5-8H2,1-4H3,(H,13,15,16). The van der Waals surface area contributed by atoms with Gasteiger partial charge in [0.05, 0.1) is 6.20 Å². The van der Waals surface area contributed by atoms with Crippen LogP contribution < -0.4 is 10.2 Å². The van der Waals surface area contributed by atoms with E-state index in [0.717, 1.165) is 25.3 Å². The molecule has 0 bridgehead atoms. The highest BCUT2D eigenvalue weighted by atomic mass is 15.3. The van der Waals surface area contributed by atoms with E-state index in [1.807, 2.05) is 7.05 Å². The van der Waals surface area contributed by atoms with Crippen LogP contribution in [0.4, 0.5) is 11.8 Å². The minimum atomic E-state index is 0.570. The molecule has 5 nitrogen and oxygen atoms in total. The lowest BCUT2D eigenvalue weighted by atomic mass is 10.2. The number of rotatable bonds is 7. The van der Waals surface area contributed by atoms with Gasteiger partial charge in [-0.15, -0.1) is 5.10 Å². The predicted molar refractivity (Wildman–Crippen MR) is 71.3 cm³/mol. The molecule has 1 aromatic heterocycles. The Labute approximate surface area is 104 Å². The second kappa shape index (κ2) is 7.04. The molecule has 1 heterocycles. The maximum Gasteiger partial charge on any atom is 0.244 e. The molecule has 0 aliphatic heterocycles. The third kappa shape index (κ3) is 4.97. The lowest BCUT2D eigenvalue weighted by molar-refractivity contribution is 0.681. The molecule has 0 saturated heterocycles. The van der Waals surface area contributed by atoms with Gasteiger partial charge >= 0.3 is 0 Å². The van der Waals surface area contributed by atoms with Crippen molar-refractivity contribution in [3.63, 3.8) is 0 Å². The number of hydrogen-bond donors (Lipinski definition) is 1. The van der Waals surface area contributed by atoms with E-state index < -0.39 is 0 Å². The van der Waals surface area contributed by atoms with Crippen molar-refractivity contribution < 1.29 is 0 Å². The lowest BCUT2D eigenvalue weighted by Crippen LogP contribution is -2.21. The number of nitrogens with one attached hydrogen (secondary N) is 1. The van der Waals surface area contributed by atoms with Gasteiger partial charge in [-0.1, -0.05) is 27.2 Å². The largest absolute Gasteiger partial charge is 0.358 e. The molecule has 1 rings (SSSR count). The number of nitrogens with zero attached hydrogens (tertiary/aromatic N) is 4. The highest BCUT2D eigenvalue weighted by Gasteiger charge is 2.05. The van der Waals surface area contributed by atoms with Gasteiger partial charge in [0.2, 0.25) is 5.95 Å². The molecule has 5 heteroatoms. The van der Waals surface area contributed by atoms with E-state index in [2.05, 4.69) is 46.2 Å². The summed E-state index contributed by atoms with van der Waals surface area (Å²) in [5.41, 5.74) is 0. The number of aromatic nitrogens is 3. The van der Waals surface area contributed by atoms with Crippen LogP contribution in [-0.2, 0) is 0 Å². The smallest absolute Gasteiger partial charge is 0.244 e. The lowest BCUT2D eigenvalue weighted by Gasteiger charge is -2.17. The maximum atomic E-state index is 4.44. The molecule has 0 spiro atoms. The minimum Gasteiger partial charge on any atom is -0.358 e. The number of unbranched alkanes of at least 4 members (excludes halogenated alkanes) is 1. The van der Waals surface area contributed by atoms with Gasteiger partial charge in [-0.3, -0.25) is 0 Å². The van der Waals surface area contributed by atoms with Gasteiger partial charge in [-0.05, 0) is 12.3 Å². The summed E-state index contributed by atoms with van der Waals surface area (Å²) < 4.78 is 0. The number of hydrogen-bond acceptors (Lipinski definition) is 5. The summed E-state index contributed by atoms with van der Waals surface area (Å²) in [6.07, 6.45) is 4.05. The second-order valence-electron chi connectivity index (χ2n) is 4.69. The first-order chi connectivity index (χ1) is 8.13. The second-order valence-corrected chi connectivity index (χ2v) is 4.69. The van der Waals surface area contributed by atoms with Crippen LogP contribution in [0.2, 0.25) is 0 Å². The summed E-state index contributed by atoms with van der Waals surface area (Å²) >= 11 is 0. The average Bonchev–Trinajstić information content (AvgIpc) is 2.33. The molecule has 1 N–H and O–H groups in total. The maximum absolute atomic E-state index is 4.44. The van der Waals surface area contributed by atoms with Crippen LogP contribution in [-0.4, -0.2) is 35.3 Å². The van der Waals surface area contributed by atoms with E-state index >= 15 is 0 Å². The van der Waals surface area contributed by atoms with Gasteiger partial charge in [-0.2, -0.15) is 10.1 Å². The molecule has 0 aliphatic rings. The van der Waals surface area contributed by atoms with Crippen molar-refractivity contribution in [2.75, 3.05) is 30.4 Å². The van der Waals surface area contributed by atoms with Gasteiger partial charge in [0.1, 0.15) is 0 Å². The Morgan fingerprint density at radius 1 is 1.41 bits per heavy atom. The fourth-order valence-electron chi connectivity index (χ4n) is 1.36. The summed E-state index contributed by atoms with van der Waals surface area (Å²) in [5, 5.41) is 11.1. The van der Waals surface area contributed by atoms with Crippen molar-refractivity contribution in [2.24, 2.45) is 5.92 Å². The Kier molecular flexibility index (Phi) is 5.66. The van der Waals surface area contributed by atoms with Crippen LogP contribution in [0.5, 0.6) is 0 Å². The summed E-state index contributed by atoms with van der Waals surface area (Å²) in [6.45, 7) is 8.35. The summed E-state index contributed by atoms with van der Waals surface area (Å²) in [7, 11) is 2.03. The van der Waals surface area contributed by atoms with Crippen LogP contribution in [0.25, 0.3) is 0 Å². The third-order valence-electron chi connectivity index (χ3n) is 2.45. The monoisotopic (exact) mass is 237 g/mol. The van der Waals surface area contributed by atoms with Crippen LogP contribution in [0, 0.1) is 5.92 Å². The first-order valence-electron chi connectivity index (χ1n) is 6.28. The molecule has 0 unspecified atom stereocenters. The van der Waals surface area contributed by atoms with Crippen LogP contribution in [0.15, 0.2) is 6.20 Å². The van der Waals surface area contributed by atoms with Gasteiger partial charge in [0.15, 0.2) is 5.82 Å². The molecule has 0 amide bonds. The predicted octanol–water partition coefficient (Wildman–Crippen LogP) is 2.18. The molecular weight excluding hydrogens is 214 g/mol. The SMILES string of the molecule is CCCCN(C)c1cnnc(NCC(C)C)n1. The molecule has 0 aromatic carbocycles. The number of anilines is 2. The zero-order valence-corrected chi connectivity index (χ0v) is 11.3. The quantitative estimate of drug-likeness (QED) is 0.787. The Morgan fingerprint density at radius 3 is 2.82 bits per heavy atom. The first-order valence-corrected chi connectivity index (χ1v) is 6.28. The van der Waals surface area contributed by atoms with Crippen LogP contribution >= 0.6 is 0 Å². The zero-order valence-electron chi connectivity index (χ0n) is 11.3. The van der Waals surface area contributed by atoms with Gasteiger partial charge in [0.25, 0.3) is 0 Å². The highest BCUT2D eigenvalue weighted by molar-refractivity contribution is 5.39. The van der Waals surface area contributed by atoms with Crippen molar-refractivity contribution in [3.05, 3.63) is 6.20 Å². The van der Waals surface area contributed by atoms with E-state index in [0.29, 0.717) is 11.9 Å². The van der Waals surface area contributed by atoms with E-state index in [9.17, 15) is 0 Å². The molecule has 17 heavy (non-hydrogen) atoms. The van der Waals surface area contributed by atoms with Crippen molar-refractivity contribution in [2.45, 2.75) is 33.6 Å². The minimum absolute atomic E-state index is 0.570. The van der Waals surface area contributed by atoms with Crippen molar-refractivity contribution in [1.29, 1.82) is 0 Å². The fourth-order valence-corrected chi connectivity index (χ4v) is 1.36. The van der Waals surface area contributed by atoms with E-state index in [1.54, 1.807) is 6.20 Å².